The van der Waals surface area contributed by atoms with Crippen molar-refractivity contribution in [3.63, 3.8) is 0 Å². The molecular formula is C11H23NO2S2. The number of unbranched alkanes of at least 4 members (excludes halogenated alkanes) is 1. The molecule has 1 amide bonds. The fourth-order valence-electron chi connectivity index (χ4n) is 1.12. The summed E-state index contributed by atoms with van der Waals surface area (Å²) in [5.74, 6) is 0.825. The second-order valence-corrected chi connectivity index (χ2v) is 6.10. The highest BCUT2D eigenvalue weighted by molar-refractivity contribution is 8.68. The van der Waals surface area contributed by atoms with E-state index in [0.29, 0.717) is 6.54 Å². The lowest BCUT2D eigenvalue weighted by Gasteiger charge is -2.27. The molecule has 0 radical (unpaired) electrons. The molecule has 5 heteroatoms. The predicted octanol–water partition coefficient (Wildman–Crippen LogP) is 3.60. The van der Waals surface area contributed by atoms with Gasteiger partial charge in [0, 0.05) is 18.8 Å². The zero-order valence-electron chi connectivity index (χ0n) is 10.7. The molecule has 0 aliphatic carbocycles. The Bertz CT molecular complexity index is 197. The van der Waals surface area contributed by atoms with E-state index in [1.165, 1.54) is 10.8 Å². The highest BCUT2D eigenvalue weighted by Gasteiger charge is 2.21. The first-order chi connectivity index (χ1) is 7.40. The molecule has 0 saturated heterocycles. The molecule has 0 aliphatic heterocycles. The predicted molar refractivity (Wildman–Crippen MR) is 74.2 cm³/mol. The van der Waals surface area contributed by atoms with Crippen LogP contribution in [0.25, 0.3) is 0 Å². The lowest BCUT2D eigenvalue weighted by molar-refractivity contribution is 0.0260. The Morgan fingerprint density at radius 3 is 2.44 bits per heavy atom. The van der Waals surface area contributed by atoms with E-state index in [9.17, 15) is 4.79 Å². The summed E-state index contributed by atoms with van der Waals surface area (Å²) in [6.07, 6.45) is 1.87. The summed E-state index contributed by atoms with van der Waals surface area (Å²) in [6, 6.07) is 0. The van der Waals surface area contributed by atoms with Crippen LogP contribution in [-0.4, -0.2) is 35.4 Å². The molecule has 0 bridgehead atoms. The van der Waals surface area contributed by atoms with Gasteiger partial charge >= 0.3 is 6.09 Å². The summed E-state index contributed by atoms with van der Waals surface area (Å²) in [5, 5.41) is 0. The molecule has 0 aromatic carbocycles. The van der Waals surface area contributed by atoms with E-state index < -0.39 is 5.60 Å². The molecule has 0 heterocycles. The number of thiol groups is 1. The number of hydrogen-bond donors (Lipinski definition) is 1. The van der Waals surface area contributed by atoms with Crippen LogP contribution in [0.1, 0.15) is 40.5 Å². The van der Waals surface area contributed by atoms with Gasteiger partial charge in [0.2, 0.25) is 0 Å². The Kier molecular flexibility index (Phi) is 8.10. The Balaban J connectivity index is 4.19. The van der Waals surface area contributed by atoms with Crippen LogP contribution in [0.4, 0.5) is 4.79 Å². The van der Waals surface area contributed by atoms with Gasteiger partial charge in [0.25, 0.3) is 0 Å². The Labute approximate surface area is 108 Å². The fraction of sp³-hybridized carbons (Fsp3) is 0.909. The van der Waals surface area contributed by atoms with Crippen LogP contribution in [0, 0.1) is 0 Å². The Morgan fingerprint density at radius 2 is 2.00 bits per heavy atom. The zero-order chi connectivity index (χ0) is 12.6. The summed E-state index contributed by atoms with van der Waals surface area (Å²) in [6.45, 7) is 9.23. The van der Waals surface area contributed by atoms with Gasteiger partial charge in [-0.15, -0.1) is 11.7 Å². The SMILES string of the molecule is CCCCN(CCSS)C(=O)OC(C)(C)C. The van der Waals surface area contributed by atoms with Crippen LogP contribution in [0.15, 0.2) is 0 Å². The average Bonchev–Trinajstić information content (AvgIpc) is 2.15. The quantitative estimate of drug-likeness (QED) is 0.588. The molecule has 0 aromatic rings. The van der Waals surface area contributed by atoms with Crippen molar-refractivity contribution in [3.05, 3.63) is 0 Å². The maximum atomic E-state index is 11.8. The molecule has 0 unspecified atom stereocenters. The van der Waals surface area contributed by atoms with Gasteiger partial charge in [-0.2, -0.15) is 0 Å². The van der Waals surface area contributed by atoms with Crippen LogP contribution in [0.3, 0.4) is 0 Å². The maximum absolute atomic E-state index is 11.8. The summed E-state index contributed by atoms with van der Waals surface area (Å²) >= 11 is 4.08. The van der Waals surface area contributed by atoms with Gasteiger partial charge in [-0.25, -0.2) is 4.79 Å². The third kappa shape index (κ3) is 8.16. The van der Waals surface area contributed by atoms with E-state index in [4.69, 9.17) is 4.74 Å². The number of carbonyl (C=O) groups is 1. The number of ether oxygens (including phenoxy) is 1. The van der Waals surface area contributed by atoms with Crippen LogP contribution < -0.4 is 0 Å². The van der Waals surface area contributed by atoms with Gasteiger partial charge in [-0.05, 0) is 27.2 Å². The number of nitrogens with zero attached hydrogens (tertiary/aromatic N) is 1. The summed E-state index contributed by atoms with van der Waals surface area (Å²) in [7, 11) is 1.44. The molecule has 3 nitrogen and oxygen atoms in total. The third-order valence-electron chi connectivity index (χ3n) is 1.89. The van der Waals surface area contributed by atoms with Crippen molar-refractivity contribution in [1.29, 1.82) is 0 Å². The fourth-order valence-corrected chi connectivity index (χ4v) is 1.67. The lowest BCUT2D eigenvalue weighted by atomic mass is 10.2. The molecule has 0 saturated carbocycles. The van der Waals surface area contributed by atoms with E-state index in [1.54, 1.807) is 4.90 Å². The van der Waals surface area contributed by atoms with E-state index in [0.717, 1.165) is 25.1 Å². The Morgan fingerprint density at radius 1 is 1.38 bits per heavy atom. The summed E-state index contributed by atoms with van der Waals surface area (Å²) < 4.78 is 5.35. The van der Waals surface area contributed by atoms with Crippen LogP contribution in [-0.2, 0) is 4.74 Å². The van der Waals surface area contributed by atoms with E-state index in [1.807, 2.05) is 20.8 Å². The monoisotopic (exact) mass is 265 g/mol. The van der Waals surface area contributed by atoms with Crippen molar-refractivity contribution < 1.29 is 9.53 Å². The number of rotatable bonds is 6. The second-order valence-electron chi connectivity index (χ2n) is 4.65. The van der Waals surface area contributed by atoms with Gasteiger partial charge in [-0.1, -0.05) is 24.1 Å². The van der Waals surface area contributed by atoms with Crippen LogP contribution in [0.2, 0.25) is 0 Å². The van der Waals surface area contributed by atoms with Crippen LogP contribution >= 0.6 is 22.5 Å². The van der Waals surface area contributed by atoms with Gasteiger partial charge < -0.3 is 9.64 Å². The van der Waals surface area contributed by atoms with Crippen molar-refractivity contribution in [2.45, 2.75) is 46.1 Å². The largest absolute Gasteiger partial charge is 0.444 e. The number of hydrogen-bond acceptors (Lipinski definition) is 4. The molecular weight excluding hydrogens is 242 g/mol. The summed E-state index contributed by atoms with van der Waals surface area (Å²) in [5.41, 5.74) is -0.421. The van der Waals surface area contributed by atoms with Crippen molar-refractivity contribution in [2.24, 2.45) is 0 Å². The van der Waals surface area contributed by atoms with Crippen molar-refractivity contribution >= 4 is 28.5 Å². The zero-order valence-corrected chi connectivity index (χ0v) is 12.4. The first-order valence-corrected chi connectivity index (χ1v) is 7.68. The van der Waals surface area contributed by atoms with E-state index in [2.05, 4.69) is 18.6 Å². The van der Waals surface area contributed by atoms with Gasteiger partial charge in [0.1, 0.15) is 5.60 Å². The smallest absolute Gasteiger partial charge is 0.410 e. The van der Waals surface area contributed by atoms with Crippen LogP contribution in [0.5, 0.6) is 0 Å². The molecule has 0 atom stereocenters. The minimum absolute atomic E-state index is 0.219. The van der Waals surface area contributed by atoms with E-state index >= 15 is 0 Å². The first-order valence-electron chi connectivity index (χ1n) is 5.65. The average molecular weight is 265 g/mol. The molecule has 0 spiro atoms. The minimum atomic E-state index is -0.421. The van der Waals surface area contributed by atoms with Crippen molar-refractivity contribution in [2.75, 3.05) is 18.8 Å². The highest BCUT2D eigenvalue weighted by atomic mass is 33.1. The standard InChI is InChI=1S/C11H23NO2S2/c1-5-6-7-12(8-9-16-15)10(13)14-11(2,3)4/h15H,5-9H2,1-4H3. The molecule has 16 heavy (non-hydrogen) atoms. The van der Waals surface area contributed by atoms with Crippen molar-refractivity contribution in [1.82, 2.24) is 4.90 Å². The second kappa shape index (κ2) is 8.12. The molecule has 0 N–H and O–H groups in total. The topological polar surface area (TPSA) is 29.5 Å². The minimum Gasteiger partial charge on any atom is -0.444 e. The normalized spacial score (nSPS) is 11.3. The Hall–Kier alpha value is -0.0300. The molecule has 0 aromatic heterocycles. The molecule has 96 valence electrons. The molecule has 0 rings (SSSR count). The maximum Gasteiger partial charge on any atom is 0.410 e. The molecule has 0 fully saturated rings. The highest BCUT2D eigenvalue weighted by Crippen LogP contribution is 2.12. The lowest BCUT2D eigenvalue weighted by Crippen LogP contribution is -2.38. The number of amides is 1. The third-order valence-corrected chi connectivity index (χ3v) is 2.80. The summed E-state index contributed by atoms with van der Waals surface area (Å²) in [4.78, 5) is 13.6. The molecule has 0 aliphatic rings. The van der Waals surface area contributed by atoms with E-state index in [-0.39, 0.29) is 6.09 Å². The van der Waals surface area contributed by atoms with Gasteiger partial charge in [-0.3, -0.25) is 0 Å². The number of carbonyl (C=O) groups excluding carboxylic acids is 1. The van der Waals surface area contributed by atoms with Gasteiger partial charge in [0.15, 0.2) is 0 Å². The van der Waals surface area contributed by atoms with Crippen molar-refractivity contribution in [3.8, 4) is 0 Å². The van der Waals surface area contributed by atoms with Gasteiger partial charge in [0.05, 0.1) is 0 Å². The first kappa shape index (κ1) is 16.0.